The Morgan fingerprint density at radius 3 is 2.27 bits per heavy atom. The van der Waals surface area contributed by atoms with Crippen molar-refractivity contribution >= 4 is 5.82 Å². The number of hydrogen-bond donors (Lipinski definition) is 1. The van der Waals surface area contributed by atoms with Crippen LogP contribution in [0.1, 0.15) is 41.0 Å². The molecule has 0 radical (unpaired) electrons. The molecule has 0 aliphatic carbocycles. The predicted molar refractivity (Wildman–Crippen MR) is 63.0 cm³/mol. The highest BCUT2D eigenvalue weighted by Crippen LogP contribution is 2.31. The van der Waals surface area contributed by atoms with Gasteiger partial charge in [0.05, 0.1) is 11.7 Å². The molecule has 1 rings (SSSR count). The zero-order valence-electron chi connectivity index (χ0n) is 10.6. The Balaban J connectivity index is 2.85. The Hall–Kier alpha value is -1.06. The van der Waals surface area contributed by atoms with Crippen LogP contribution in [0.3, 0.4) is 0 Å². The summed E-state index contributed by atoms with van der Waals surface area (Å²) in [6.45, 7) is 11.1. The van der Waals surface area contributed by atoms with Crippen LogP contribution in [0.15, 0.2) is 6.20 Å². The Labute approximate surface area is 92.1 Å². The molecule has 1 aromatic heterocycles. The average molecular weight is 210 g/mol. The smallest absolute Gasteiger partial charge is 0.168 e. The molecule has 1 aromatic rings. The van der Waals surface area contributed by atoms with Crippen molar-refractivity contribution in [3.63, 3.8) is 0 Å². The van der Waals surface area contributed by atoms with Crippen molar-refractivity contribution in [1.82, 2.24) is 15.0 Å². The second kappa shape index (κ2) is 3.83. The van der Waals surface area contributed by atoms with Crippen LogP contribution in [0.2, 0.25) is 0 Å². The number of rotatable bonds is 3. The molecule has 1 N–H and O–H groups in total. The van der Waals surface area contributed by atoms with Crippen molar-refractivity contribution in [2.45, 2.75) is 46.6 Å². The largest absolute Gasteiger partial charge is 0.370 e. The van der Waals surface area contributed by atoms with Crippen LogP contribution in [0.5, 0.6) is 0 Å². The summed E-state index contributed by atoms with van der Waals surface area (Å²) in [5, 5.41) is 11.2. The Kier molecular flexibility index (Phi) is 3.07. The van der Waals surface area contributed by atoms with E-state index in [1.165, 1.54) is 0 Å². The second-order valence-electron chi connectivity index (χ2n) is 5.85. The lowest BCUT2D eigenvalue weighted by Crippen LogP contribution is -2.31. The first-order chi connectivity index (χ1) is 6.74. The van der Waals surface area contributed by atoms with E-state index >= 15 is 0 Å². The lowest BCUT2D eigenvalue weighted by atomic mass is 9.82. The Morgan fingerprint density at radius 1 is 1.27 bits per heavy atom. The SMILES string of the molecule is CNc1cn(C(C)(C)CC(C)(C)C)nn1. The van der Waals surface area contributed by atoms with Gasteiger partial charge in [-0.2, -0.15) is 0 Å². The number of nitrogens with zero attached hydrogens (tertiary/aromatic N) is 3. The number of anilines is 1. The second-order valence-corrected chi connectivity index (χ2v) is 5.85. The minimum Gasteiger partial charge on any atom is -0.370 e. The van der Waals surface area contributed by atoms with Crippen molar-refractivity contribution in [2.24, 2.45) is 5.41 Å². The number of nitrogens with one attached hydrogen (secondary N) is 1. The molecule has 0 saturated heterocycles. The summed E-state index contributed by atoms with van der Waals surface area (Å²) in [7, 11) is 1.85. The van der Waals surface area contributed by atoms with Gasteiger partial charge in [-0.05, 0) is 25.7 Å². The van der Waals surface area contributed by atoms with Gasteiger partial charge >= 0.3 is 0 Å². The molecular weight excluding hydrogens is 188 g/mol. The molecule has 0 bridgehead atoms. The maximum atomic E-state index is 4.15. The van der Waals surface area contributed by atoms with Gasteiger partial charge in [0.25, 0.3) is 0 Å². The quantitative estimate of drug-likeness (QED) is 0.833. The molecule has 0 aliphatic rings. The van der Waals surface area contributed by atoms with E-state index in [4.69, 9.17) is 0 Å². The van der Waals surface area contributed by atoms with Gasteiger partial charge in [0.15, 0.2) is 5.82 Å². The van der Waals surface area contributed by atoms with Crippen molar-refractivity contribution in [3.8, 4) is 0 Å². The van der Waals surface area contributed by atoms with Gasteiger partial charge in [-0.25, -0.2) is 4.68 Å². The standard InChI is InChI=1S/C11H22N4/c1-10(2,3)8-11(4,5)15-7-9(12-6)13-14-15/h7,12H,8H2,1-6H3. The van der Waals surface area contributed by atoms with E-state index in [9.17, 15) is 0 Å². The molecule has 15 heavy (non-hydrogen) atoms. The van der Waals surface area contributed by atoms with E-state index in [1.54, 1.807) is 0 Å². The van der Waals surface area contributed by atoms with Crippen LogP contribution in [-0.4, -0.2) is 22.0 Å². The third kappa shape index (κ3) is 3.22. The third-order valence-electron chi connectivity index (χ3n) is 2.33. The lowest BCUT2D eigenvalue weighted by molar-refractivity contribution is 0.195. The molecule has 4 nitrogen and oxygen atoms in total. The van der Waals surface area contributed by atoms with Gasteiger partial charge < -0.3 is 5.32 Å². The number of hydrogen-bond acceptors (Lipinski definition) is 3. The molecule has 86 valence electrons. The fourth-order valence-corrected chi connectivity index (χ4v) is 2.05. The van der Waals surface area contributed by atoms with Crippen LogP contribution in [-0.2, 0) is 5.54 Å². The summed E-state index contributed by atoms with van der Waals surface area (Å²) < 4.78 is 1.93. The minimum atomic E-state index is 0.000347. The van der Waals surface area contributed by atoms with Gasteiger partial charge in [0.2, 0.25) is 0 Å². The van der Waals surface area contributed by atoms with E-state index in [-0.39, 0.29) is 11.0 Å². The molecule has 0 aliphatic heterocycles. The molecule has 1 heterocycles. The van der Waals surface area contributed by atoms with Crippen LogP contribution in [0.4, 0.5) is 5.82 Å². The van der Waals surface area contributed by atoms with Gasteiger partial charge in [-0.1, -0.05) is 26.0 Å². The topological polar surface area (TPSA) is 42.7 Å². The lowest BCUT2D eigenvalue weighted by Gasteiger charge is -2.32. The average Bonchev–Trinajstić information content (AvgIpc) is 2.47. The first-order valence-electron chi connectivity index (χ1n) is 5.35. The highest BCUT2D eigenvalue weighted by atomic mass is 15.5. The van der Waals surface area contributed by atoms with E-state index in [0.29, 0.717) is 0 Å². The Bertz CT molecular complexity index is 320. The van der Waals surface area contributed by atoms with Crippen molar-refractivity contribution < 1.29 is 0 Å². The fraction of sp³-hybridized carbons (Fsp3) is 0.818. The van der Waals surface area contributed by atoms with E-state index in [2.05, 4.69) is 50.2 Å². The fourth-order valence-electron chi connectivity index (χ4n) is 2.05. The zero-order valence-corrected chi connectivity index (χ0v) is 10.6. The molecule has 0 spiro atoms. The van der Waals surface area contributed by atoms with Crippen molar-refractivity contribution in [1.29, 1.82) is 0 Å². The van der Waals surface area contributed by atoms with Gasteiger partial charge in [0.1, 0.15) is 0 Å². The molecule has 0 amide bonds. The molecule has 0 fully saturated rings. The summed E-state index contributed by atoms with van der Waals surface area (Å²) in [6.07, 6.45) is 3.01. The first kappa shape index (κ1) is 12.0. The van der Waals surface area contributed by atoms with E-state index in [1.807, 2.05) is 17.9 Å². The van der Waals surface area contributed by atoms with Crippen molar-refractivity contribution in [3.05, 3.63) is 6.20 Å². The maximum Gasteiger partial charge on any atom is 0.168 e. The summed E-state index contributed by atoms with van der Waals surface area (Å²) in [5.74, 6) is 0.817. The maximum absolute atomic E-state index is 4.15. The zero-order chi connectivity index (χ0) is 11.7. The van der Waals surface area contributed by atoms with E-state index < -0.39 is 0 Å². The first-order valence-corrected chi connectivity index (χ1v) is 5.35. The molecular formula is C11H22N4. The van der Waals surface area contributed by atoms with Gasteiger partial charge in [-0.3, -0.25) is 0 Å². The minimum absolute atomic E-state index is 0.000347. The normalized spacial score (nSPS) is 12.9. The summed E-state index contributed by atoms with van der Waals surface area (Å²) >= 11 is 0. The highest BCUT2D eigenvalue weighted by molar-refractivity contribution is 5.28. The van der Waals surface area contributed by atoms with Crippen LogP contribution in [0.25, 0.3) is 0 Å². The monoisotopic (exact) mass is 210 g/mol. The summed E-state index contributed by atoms with van der Waals surface area (Å²) in [5.41, 5.74) is 0.287. The highest BCUT2D eigenvalue weighted by Gasteiger charge is 2.28. The van der Waals surface area contributed by atoms with Crippen LogP contribution >= 0.6 is 0 Å². The number of aromatic nitrogens is 3. The third-order valence-corrected chi connectivity index (χ3v) is 2.33. The molecule has 0 saturated carbocycles. The van der Waals surface area contributed by atoms with Gasteiger partial charge in [0, 0.05) is 7.05 Å². The molecule has 4 heteroatoms. The van der Waals surface area contributed by atoms with E-state index in [0.717, 1.165) is 12.2 Å². The molecule has 0 atom stereocenters. The summed E-state index contributed by atoms with van der Waals surface area (Å²) in [4.78, 5) is 0. The van der Waals surface area contributed by atoms with Crippen LogP contribution < -0.4 is 5.32 Å². The molecule has 0 aromatic carbocycles. The van der Waals surface area contributed by atoms with Crippen molar-refractivity contribution in [2.75, 3.05) is 12.4 Å². The van der Waals surface area contributed by atoms with Gasteiger partial charge in [-0.15, -0.1) is 5.10 Å². The predicted octanol–water partition coefficient (Wildman–Crippen LogP) is 2.49. The van der Waals surface area contributed by atoms with Crippen LogP contribution in [0, 0.1) is 5.41 Å². The Morgan fingerprint density at radius 2 is 1.87 bits per heavy atom. The molecule has 0 unspecified atom stereocenters. The summed E-state index contributed by atoms with van der Waals surface area (Å²) in [6, 6.07) is 0.